The van der Waals surface area contributed by atoms with Crippen LogP contribution in [0.5, 0.6) is 5.75 Å². The highest BCUT2D eigenvalue weighted by atomic mass is 79.9. The molecule has 1 amide bonds. The minimum absolute atomic E-state index is 0.0132. The Morgan fingerprint density at radius 3 is 2.81 bits per heavy atom. The van der Waals surface area contributed by atoms with Gasteiger partial charge in [0.25, 0.3) is 0 Å². The van der Waals surface area contributed by atoms with E-state index < -0.39 is 0 Å². The lowest BCUT2D eigenvalue weighted by Gasteiger charge is -2.29. The Kier molecular flexibility index (Phi) is 5.85. The lowest BCUT2D eigenvalue weighted by atomic mass is 9.86. The minimum atomic E-state index is -0.0132. The van der Waals surface area contributed by atoms with Crippen molar-refractivity contribution in [3.8, 4) is 5.75 Å². The van der Waals surface area contributed by atoms with Crippen molar-refractivity contribution in [3.05, 3.63) is 34.3 Å². The van der Waals surface area contributed by atoms with Gasteiger partial charge in [0.15, 0.2) is 0 Å². The number of halogens is 1. The Balaban J connectivity index is 1.94. The maximum absolute atomic E-state index is 12.0. The van der Waals surface area contributed by atoms with Crippen LogP contribution in [-0.4, -0.2) is 19.1 Å². The van der Waals surface area contributed by atoms with Gasteiger partial charge in [-0.3, -0.25) is 4.79 Å². The summed E-state index contributed by atoms with van der Waals surface area (Å²) in [5.74, 6) is 1.35. The summed E-state index contributed by atoms with van der Waals surface area (Å²) in [6, 6.07) is 6.06. The van der Waals surface area contributed by atoms with Crippen molar-refractivity contribution in [1.29, 1.82) is 0 Å². The summed E-state index contributed by atoms with van der Waals surface area (Å²) in [5.41, 5.74) is 0.967. The molecule has 0 unspecified atom stereocenters. The van der Waals surface area contributed by atoms with Crippen LogP contribution >= 0.6 is 15.9 Å². The van der Waals surface area contributed by atoms with E-state index >= 15 is 0 Å². The average molecular weight is 352 g/mol. The van der Waals surface area contributed by atoms with Crippen molar-refractivity contribution < 1.29 is 9.53 Å². The first-order valence-corrected chi connectivity index (χ1v) is 8.21. The molecule has 0 saturated heterocycles. The Morgan fingerprint density at radius 1 is 1.38 bits per heavy atom. The number of methoxy groups -OCH3 is 1. The van der Waals surface area contributed by atoms with Crippen LogP contribution in [0.3, 0.4) is 0 Å². The summed E-state index contributed by atoms with van der Waals surface area (Å²) in [4.78, 5) is 12.0. The second-order valence-corrected chi connectivity index (χ2v) is 6.46. The van der Waals surface area contributed by atoms with Crippen LogP contribution in [0, 0.1) is 5.92 Å². The summed E-state index contributed by atoms with van der Waals surface area (Å²) in [6.45, 7) is 2.22. The summed E-state index contributed by atoms with van der Waals surface area (Å²) in [5, 5.41) is 3.11. The molecule has 0 heterocycles. The first-order valence-electron chi connectivity index (χ1n) is 7.42. The number of ether oxygens (including phenoxy) is 1. The molecule has 3 nitrogen and oxygen atoms in total. The van der Waals surface area contributed by atoms with Crippen LogP contribution in [0.4, 0.5) is 0 Å². The molecule has 1 N–H and O–H groups in total. The van der Waals surface area contributed by atoms with Gasteiger partial charge in [-0.15, -0.1) is 0 Å². The largest absolute Gasteiger partial charge is 0.496 e. The molecule has 1 aromatic rings. The highest BCUT2D eigenvalue weighted by molar-refractivity contribution is 9.10. The van der Waals surface area contributed by atoms with Gasteiger partial charge in [0.1, 0.15) is 5.75 Å². The van der Waals surface area contributed by atoms with E-state index in [0.717, 1.165) is 22.2 Å². The predicted octanol–water partition coefficient (Wildman–Crippen LogP) is 4.17. The van der Waals surface area contributed by atoms with E-state index in [1.165, 1.54) is 19.3 Å². The third kappa shape index (κ3) is 4.60. The molecule has 0 bridgehead atoms. The Morgan fingerprint density at radius 2 is 2.14 bits per heavy atom. The molecule has 1 aromatic carbocycles. The van der Waals surface area contributed by atoms with Gasteiger partial charge in [0, 0.05) is 12.1 Å². The standard InChI is InChI=1S/C17H22BrNO2/c1-12-5-3-4-6-15(12)19-17(20)10-8-13-7-9-16(21-2)14(18)11-13/h7-12,15H,3-6H2,1-2H3,(H,19,20)/b10-8+/t12-,15-/m1/s1. The summed E-state index contributed by atoms with van der Waals surface area (Å²) in [6.07, 6.45) is 8.23. The van der Waals surface area contributed by atoms with Crippen LogP contribution in [0.25, 0.3) is 6.08 Å². The average Bonchev–Trinajstić information content (AvgIpc) is 2.48. The van der Waals surface area contributed by atoms with Gasteiger partial charge in [-0.25, -0.2) is 0 Å². The van der Waals surface area contributed by atoms with Crippen molar-refractivity contribution in [2.75, 3.05) is 7.11 Å². The number of nitrogens with one attached hydrogen (secondary N) is 1. The monoisotopic (exact) mass is 351 g/mol. The van der Waals surface area contributed by atoms with Crippen molar-refractivity contribution in [2.45, 2.75) is 38.6 Å². The van der Waals surface area contributed by atoms with Gasteiger partial charge in [-0.2, -0.15) is 0 Å². The van der Waals surface area contributed by atoms with Crippen LogP contribution in [0.15, 0.2) is 28.7 Å². The second-order valence-electron chi connectivity index (χ2n) is 5.60. The third-order valence-corrected chi connectivity index (χ3v) is 4.66. The van der Waals surface area contributed by atoms with E-state index in [0.29, 0.717) is 12.0 Å². The molecule has 1 fully saturated rings. The number of hydrogen-bond donors (Lipinski definition) is 1. The summed E-state index contributed by atoms with van der Waals surface area (Å²) in [7, 11) is 1.63. The molecule has 21 heavy (non-hydrogen) atoms. The quantitative estimate of drug-likeness (QED) is 0.826. The molecule has 0 spiro atoms. The SMILES string of the molecule is COc1ccc(/C=C/C(=O)N[C@@H]2CCCC[C@H]2C)cc1Br. The van der Waals surface area contributed by atoms with E-state index in [1.54, 1.807) is 13.2 Å². The number of amides is 1. The summed E-state index contributed by atoms with van der Waals surface area (Å²) < 4.78 is 6.07. The molecular formula is C17H22BrNO2. The Bertz CT molecular complexity index is 528. The van der Waals surface area contributed by atoms with E-state index in [2.05, 4.69) is 28.2 Å². The molecule has 4 heteroatoms. The maximum Gasteiger partial charge on any atom is 0.244 e. The van der Waals surface area contributed by atoms with Crippen molar-refractivity contribution in [2.24, 2.45) is 5.92 Å². The van der Waals surface area contributed by atoms with Gasteiger partial charge in [0.2, 0.25) is 5.91 Å². The van der Waals surface area contributed by atoms with E-state index in [9.17, 15) is 4.79 Å². The lowest BCUT2D eigenvalue weighted by Crippen LogP contribution is -2.40. The molecular weight excluding hydrogens is 330 g/mol. The normalized spacial score (nSPS) is 22.2. The van der Waals surface area contributed by atoms with Crippen LogP contribution in [0.1, 0.15) is 38.2 Å². The first kappa shape index (κ1) is 16.1. The van der Waals surface area contributed by atoms with Crippen molar-refractivity contribution in [1.82, 2.24) is 5.32 Å². The zero-order chi connectivity index (χ0) is 15.2. The number of benzene rings is 1. The van der Waals surface area contributed by atoms with E-state index in [1.807, 2.05) is 24.3 Å². The Labute approximate surface area is 134 Å². The minimum Gasteiger partial charge on any atom is -0.496 e. The molecule has 2 rings (SSSR count). The highest BCUT2D eigenvalue weighted by Crippen LogP contribution is 2.26. The topological polar surface area (TPSA) is 38.3 Å². The van der Waals surface area contributed by atoms with Crippen LogP contribution in [0.2, 0.25) is 0 Å². The summed E-state index contributed by atoms with van der Waals surface area (Å²) >= 11 is 3.44. The van der Waals surface area contributed by atoms with Gasteiger partial charge in [-0.1, -0.05) is 25.8 Å². The van der Waals surface area contributed by atoms with Gasteiger partial charge < -0.3 is 10.1 Å². The number of rotatable bonds is 4. The van der Waals surface area contributed by atoms with Gasteiger partial charge >= 0.3 is 0 Å². The zero-order valence-corrected chi connectivity index (χ0v) is 14.2. The number of carbonyl (C=O) groups excluding carboxylic acids is 1. The molecule has 0 aromatic heterocycles. The fraction of sp³-hybridized carbons (Fsp3) is 0.471. The van der Waals surface area contributed by atoms with Crippen molar-refractivity contribution in [3.63, 3.8) is 0 Å². The van der Waals surface area contributed by atoms with Gasteiger partial charge in [-0.05, 0) is 58.5 Å². The third-order valence-electron chi connectivity index (χ3n) is 4.04. The Hall–Kier alpha value is -1.29. The van der Waals surface area contributed by atoms with Crippen LogP contribution in [-0.2, 0) is 4.79 Å². The van der Waals surface area contributed by atoms with Gasteiger partial charge in [0.05, 0.1) is 11.6 Å². The predicted molar refractivity (Wildman–Crippen MR) is 89.3 cm³/mol. The molecule has 1 aliphatic carbocycles. The molecule has 0 radical (unpaired) electrons. The lowest BCUT2D eigenvalue weighted by molar-refractivity contribution is -0.117. The first-order chi connectivity index (χ1) is 10.1. The zero-order valence-electron chi connectivity index (χ0n) is 12.6. The fourth-order valence-corrected chi connectivity index (χ4v) is 3.28. The molecule has 0 aliphatic heterocycles. The number of hydrogen-bond acceptors (Lipinski definition) is 2. The van der Waals surface area contributed by atoms with Crippen molar-refractivity contribution >= 4 is 27.9 Å². The highest BCUT2D eigenvalue weighted by Gasteiger charge is 2.21. The molecule has 2 atom stereocenters. The fourth-order valence-electron chi connectivity index (χ4n) is 2.72. The molecule has 114 valence electrons. The molecule has 1 aliphatic rings. The smallest absolute Gasteiger partial charge is 0.244 e. The number of carbonyl (C=O) groups is 1. The van der Waals surface area contributed by atoms with E-state index in [-0.39, 0.29) is 5.91 Å². The maximum atomic E-state index is 12.0. The second kappa shape index (κ2) is 7.64. The van der Waals surface area contributed by atoms with E-state index in [4.69, 9.17) is 4.74 Å². The van der Waals surface area contributed by atoms with Crippen LogP contribution < -0.4 is 10.1 Å². The molecule has 1 saturated carbocycles.